The number of aliphatic hydroxyl groups excluding tert-OH is 1. The van der Waals surface area contributed by atoms with Crippen LogP contribution < -0.4 is 19.1 Å². The van der Waals surface area contributed by atoms with Gasteiger partial charge in [-0.2, -0.15) is 0 Å². The molecule has 0 bridgehead atoms. The van der Waals surface area contributed by atoms with Gasteiger partial charge in [-0.3, -0.25) is 14.5 Å². The van der Waals surface area contributed by atoms with Crippen LogP contribution in [0.4, 0.5) is 5.13 Å². The molecule has 0 spiro atoms. The number of nitrogens with zero attached hydrogens (tertiary/aromatic N) is 2. The minimum atomic E-state index is -0.885. The number of ether oxygens (including phenoxy) is 3. The molecule has 8 nitrogen and oxygen atoms in total. The first kappa shape index (κ1) is 23.5. The molecular formula is C27H19BrN2O6S. The second kappa shape index (κ2) is 9.20. The first-order valence-corrected chi connectivity index (χ1v) is 13.0. The summed E-state index contributed by atoms with van der Waals surface area (Å²) in [6.07, 6.45) is 0. The summed E-state index contributed by atoms with van der Waals surface area (Å²) in [5, 5.41) is 11.8. The topological polar surface area (TPSA) is 98.2 Å². The number of rotatable bonds is 4. The average Bonchev–Trinajstić information content (AvgIpc) is 3.46. The average molecular weight is 579 g/mol. The van der Waals surface area contributed by atoms with Crippen molar-refractivity contribution in [1.29, 1.82) is 0 Å². The third kappa shape index (κ3) is 4.02. The number of aromatic nitrogens is 1. The summed E-state index contributed by atoms with van der Waals surface area (Å²) in [5.41, 5.74) is 1.64. The first-order valence-electron chi connectivity index (χ1n) is 11.4. The number of anilines is 1. The molecular weight excluding hydrogens is 560 g/mol. The van der Waals surface area contributed by atoms with E-state index in [0.29, 0.717) is 52.2 Å². The van der Waals surface area contributed by atoms with Crippen molar-refractivity contribution in [2.75, 3.05) is 25.2 Å². The normalized spacial score (nSPS) is 18.4. The number of ketones is 1. The van der Waals surface area contributed by atoms with Gasteiger partial charge in [-0.05, 0) is 54.1 Å². The molecule has 1 atom stereocenters. The number of carbonyl (C=O) groups is 2. The molecule has 10 heteroatoms. The molecule has 1 unspecified atom stereocenters. The van der Waals surface area contributed by atoms with Crippen molar-refractivity contribution in [1.82, 2.24) is 4.98 Å². The number of aliphatic hydroxyl groups is 1. The second-order valence-corrected chi connectivity index (χ2v) is 10.3. The predicted molar refractivity (Wildman–Crippen MR) is 143 cm³/mol. The van der Waals surface area contributed by atoms with Gasteiger partial charge in [0.25, 0.3) is 5.78 Å². The lowest BCUT2D eigenvalue weighted by Crippen LogP contribution is -2.29. The van der Waals surface area contributed by atoms with Crippen molar-refractivity contribution in [3.63, 3.8) is 0 Å². The Morgan fingerprint density at radius 2 is 1.81 bits per heavy atom. The van der Waals surface area contributed by atoms with Crippen molar-refractivity contribution >= 4 is 60.1 Å². The van der Waals surface area contributed by atoms with Crippen LogP contribution in [0.3, 0.4) is 0 Å². The molecule has 4 aromatic rings. The SMILES string of the molecule is COc1ccc2nc(N3C(=O)C(=O)C(=C(O)c4ccc5c(c4)OCCO5)C3c3ccc(Br)cc3)sc2c1. The van der Waals surface area contributed by atoms with E-state index in [1.807, 2.05) is 18.2 Å². The highest BCUT2D eigenvalue weighted by atomic mass is 79.9. The zero-order valence-corrected chi connectivity index (χ0v) is 21.8. The molecule has 3 aromatic carbocycles. The third-order valence-corrected chi connectivity index (χ3v) is 7.78. The number of thiazole rings is 1. The maximum absolute atomic E-state index is 13.5. The van der Waals surface area contributed by atoms with E-state index in [2.05, 4.69) is 20.9 Å². The van der Waals surface area contributed by atoms with Gasteiger partial charge in [-0.1, -0.05) is 39.4 Å². The van der Waals surface area contributed by atoms with Gasteiger partial charge >= 0.3 is 5.91 Å². The maximum Gasteiger partial charge on any atom is 0.301 e. The van der Waals surface area contributed by atoms with E-state index < -0.39 is 17.7 Å². The predicted octanol–water partition coefficient (Wildman–Crippen LogP) is 5.46. The number of halogens is 1. The molecule has 3 heterocycles. The van der Waals surface area contributed by atoms with Crippen LogP contribution in [-0.4, -0.2) is 42.1 Å². The van der Waals surface area contributed by atoms with Gasteiger partial charge in [-0.25, -0.2) is 4.98 Å². The largest absolute Gasteiger partial charge is 0.507 e. The lowest BCUT2D eigenvalue weighted by molar-refractivity contribution is -0.132. The monoisotopic (exact) mass is 578 g/mol. The molecule has 37 heavy (non-hydrogen) atoms. The van der Waals surface area contributed by atoms with E-state index >= 15 is 0 Å². The van der Waals surface area contributed by atoms with Crippen LogP contribution in [0.2, 0.25) is 0 Å². The molecule has 2 aliphatic heterocycles. The summed E-state index contributed by atoms with van der Waals surface area (Å²) >= 11 is 4.70. The number of hydrogen-bond acceptors (Lipinski definition) is 8. The molecule has 1 N–H and O–H groups in total. The Balaban J connectivity index is 1.52. The smallest absolute Gasteiger partial charge is 0.301 e. The van der Waals surface area contributed by atoms with E-state index in [4.69, 9.17) is 14.2 Å². The van der Waals surface area contributed by atoms with Gasteiger partial charge in [0.05, 0.1) is 28.9 Å². The van der Waals surface area contributed by atoms with Crippen LogP contribution in [0.25, 0.3) is 16.0 Å². The summed E-state index contributed by atoms with van der Waals surface area (Å²) in [6, 6.07) is 16.7. The Hall–Kier alpha value is -3.89. The van der Waals surface area contributed by atoms with Crippen molar-refractivity contribution < 1.29 is 28.9 Å². The molecule has 0 aliphatic carbocycles. The zero-order valence-electron chi connectivity index (χ0n) is 19.4. The van der Waals surface area contributed by atoms with E-state index in [-0.39, 0.29) is 11.3 Å². The van der Waals surface area contributed by atoms with Crippen LogP contribution >= 0.6 is 27.3 Å². The highest BCUT2D eigenvalue weighted by molar-refractivity contribution is 9.10. The number of benzene rings is 3. The fourth-order valence-electron chi connectivity index (χ4n) is 4.46. The number of Topliss-reactive ketones (excluding diaryl/α,β-unsaturated/α-hetero) is 1. The van der Waals surface area contributed by atoms with Gasteiger partial charge < -0.3 is 19.3 Å². The number of methoxy groups -OCH3 is 1. The van der Waals surface area contributed by atoms with Crippen LogP contribution in [0.15, 0.2) is 70.7 Å². The Labute approximate surface area is 223 Å². The highest BCUT2D eigenvalue weighted by Crippen LogP contribution is 2.45. The molecule has 0 radical (unpaired) electrons. The number of fused-ring (bicyclic) bond motifs is 2. The van der Waals surface area contributed by atoms with Gasteiger partial charge in [-0.15, -0.1) is 0 Å². The Morgan fingerprint density at radius 1 is 1.05 bits per heavy atom. The fraction of sp³-hybridized carbons (Fsp3) is 0.148. The van der Waals surface area contributed by atoms with Crippen LogP contribution in [0.5, 0.6) is 17.2 Å². The standard InChI is InChI=1S/C27H19BrN2O6S/c1-34-17-7-8-18-21(13-17)37-27(29-18)30-23(14-2-5-16(28)6-3-14)22(25(32)26(30)33)24(31)15-4-9-19-20(12-15)36-11-10-35-19/h2-9,12-13,23,31H,10-11H2,1H3. The number of hydrogen-bond donors (Lipinski definition) is 1. The second-order valence-electron chi connectivity index (χ2n) is 8.41. The summed E-state index contributed by atoms with van der Waals surface area (Å²) in [6.45, 7) is 0.809. The van der Waals surface area contributed by atoms with Crippen molar-refractivity contribution in [3.05, 3.63) is 81.8 Å². The molecule has 1 fully saturated rings. The summed E-state index contributed by atoms with van der Waals surface area (Å²) < 4.78 is 18.2. The minimum absolute atomic E-state index is 0.0270. The van der Waals surface area contributed by atoms with Gasteiger partial charge in [0, 0.05) is 10.0 Å². The Morgan fingerprint density at radius 3 is 2.57 bits per heavy atom. The molecule has 1 amide bonds. The fourth-order valence-corrected chi connectivity index (χ4v) is 5.74. The first-order chi connectivity index (χ1) is 17.9. The quantitative estimate of drug-likeness (QED) is 0.195. The summed E-state index contributed by atoms with van der Waals surface area (Å²) in [4.78, 5) is 32.9. The van der Waals surface area contributed by atoms with Gasteiger partial charge in [0.1, 0.15) is 24.7 Å². The zero-order chi connectivity index (χ0) is 25.7. The van der Waals surface area contributed by atoms with Gasteiger partial charge in [0.2, 0.25) is 0 Å². The van der Waals surface area contributed by atoms with E-state index in [9.17, 15) is 14.7 Å². The molecule has 0 saturated carbocycles. The van der Waals surface area contributed by atoms with Crippen molar-refractivity contribution in [3.8, 4) is 17.2 Å². The lowest BCUT2D eigenvalue weighted by atomic mass is 9.95. The molecule has 1 aromatic heterocycles. The van der Waals surface area contributed by atoms with Crippen LogP contribution in [0, 0.1) is 0 Å². The maximum atomic E-state index is 13.5. The molecule has 2 aliphatic rings. The lowest BCUT2D eigenvalue weighted by Gasteiger charge is -2.23. The summed E-state index contributed by atoms with van der Waals surface area (Å²) in [7, 11) is 1.58. The number of amides is 1. The van der Waals surface area contributed by atoms with E-state index in [1.54, 1.807) is 49.6 Å². The molecule has 6 rings (SSSR count). The Bertz CT molecular complexity index is 1600. The van der Waals surface area contributed by atoms with E-state index in [0.717, 1.165) is 9.17 Å². The Kier molecular flexibility index (Phi) is 5.85. The highest BCUT2D eigenvalue weighted by Gasteiger charge is 2.48. The molecule has 186 valence electrons. The van der Waals surface area contributed by atoms with Crippen LogP contribution in [0.1, 0.15) is 17.2 Å². The van der Waals surface area contributed by atoms with Crippen molar-refractivity contribution in [2.24, 2.45) is 0 Å². The molecule has 1 saturated heterocycles. The summed E-state index contributed by atoms with van der Waals surface area (Å²) in [5.74, 6) is -0.182. The van der Waals surface area contributed by atoms with E-state index in [1.165, 1.54) is 16.2 Å². The third-order valence-electron chi connectivity index (χ3n) is 6.24. The minimum Gasteiger partial charge on any atom is -0.507 e. The van der Waals surface area contributed by atoms with Gasteiger partial charge in [0.15, 0.2) is 16.6 Å². The number of carbonyl (C=O) groups excluding carboxylic acids is 2. The van der Waals surface area contributed by atoms with Crippen LogP contribution in [-0.2, 0) is 9.59 Å². The van der Waals surface area contributed by atoms with Crippen molar-refractivity contribution in [2.45, 2.75) is 6.04 Å².